The number of hydrogen-bond donors (Lipinski definition) is 2. The maximum atomic E-state index is 13.6. The first-order valence-electron chi connectivity index (χ1n) is 6.35. The number of aromatic nitrogens is 3. The molecule has 3 N–H and O–H groups in total. The van der Waals surface area contributed by atoms with Gasteiger partial charge in [-0.05, 0) is 13.8 Å². The summed E-state index contributed by atoms with van der Waals surface area (Å²) in [6.45, 7) is 4.11. The van der Waals surface area contributed by atoms with Crippen LogP contribution < -0.4 is 15.8 Å². The van der Waals surface area contributed by atoms with E-state index in [4.69, 9.17) is 10.5 Å². The highest BCUT2D eigenvalue weighted by Crippen LogP contribution is 2.30. The molecule has 0 saturated heterocycles. The predicted octanol–water partition coefficient (Wildman–Crippen LogP) is 2.11. The number of benzene rings is 1. The van der Waals surface area contributed by atoms with E-state index >= 15 is 0 Å². The molecule has 0 amide bonds. The van der Waals surface area contributed by atoms with Crippen LogP contribution in [0.15, 0.2) is 18.5 Å². The summed E-state index contributed by atoms with van der Waals surface area (Å²) in [5.41, 5.74) is 6.75. The Balaban J connectivity index is 2.24. The van der Waals surface area contributed by atoms with Gasteiger partial charge in [-0.3, -0.25) is 0 Å². The van der Waals surface area contributed by atoms with Gasteiger partial charge in [-0.25, -0.2) is 4.39 Å². The maximum absolute atomic E-state index is 13.6. The minimum Gasteiger partial charge on any atom is -0.491 e. The van der Waals surface area contributed by atoms with Gasteiger partial charge in [0.25, 0.3) is 0 Å². The van der Waals surface area contributed by atoms with Crippen LogP contribution in [0.25, 0.3) is 0 Å². The Morgan fingerprint density at radius 3 is 2.85 bits per heavy atom. The van der Waals surface area contributed by atoms with Crippen LogP contribution in [0.4, 0.5) is 15.8 Å². The van der Waals surface area contributed by atoms with Crippen LogP contribution in [0.2, 0.25) is 0 Å². The van der Waals surface area contributed by atoms with Crippen molar-refractivity contribution < 1.29 is 9.13 Å². The smallest absolute Gasteiger partial charge is 0.167 e. The second-order valence-electron chi connectivity index (χ2n) is 4.47. The Labute approximate surface area is 116 Å². The number of ether oxygens (including phenoxy) is 1. The monoisotopic (exact) mass is 279 g/mol. The lowest BCUT2D eigenvalue weighted by Crippen LogP contribution is -2.13. The van der Waals surface area contributed by atoms with Crippen molar-refractivity contribution in [3.05, 3.63) is 30.1 Å². The molecule has 0 spiro atoms. The molecule has 0 radical (unpaired) electrons. The van der Waals surface area contributed by atoms with Crippen LogP contribution in [-0.2, 0) is 7.05 Å². The first-order chi connectivity index (χ1) is 9.52. The molecule has 1 heterocycles. The lowest BCUT2D eigenvalue weighted by Gasteiger charge is -2.17. The number of aryl methyl sites for hydroxylation is 1. The SMILES string of the molecule is CCOc1cc(NC(C)c2nncn2C)c(N)cc1F. The van der Waals surface area contributed by atoms with E-state index in [1.807, 2.05) is 14.0 Å². The number of anilines is 2. The van der Waals surface area contributed by atoms with Crippen molar-refractivity contribution in [3.63, 3.8) is 0 Å². The van der Waals surface area contributed by atoms with Crippen molar-refractivity contribution in [1.82, 2.24) is 14.8 Å². The van der Waals surface area contributed by atoms with Gasteiger partial charge in [0.05, 0.1) is 24.0 Å². The van der Waals surface area contributed by atoms with Gasteiger partial charge in [-0.1, -0.05) is 0 Å². The molecule has 20 heavy (non-hydrogen) atoms. The van der Waals surface area contributed by atoms with Crippen molar-refractivity contribution >= 4 is 11.4 Å². The van der Waals surface area contributed by atoms with Crippen molar-refractivity contribution in [2.45, 2.75) is 19.9 Å². The summed E-state index contributed by atoms with van der Waals surface area (Å²) in [5, 5.41) is 11.0. The van der Waals surface area contributed by atoms with Crippen LogP contribution in [-0.4, -0.2) is 21.4 Å². The van der Waals surface area contributed by atoms with E-state index < -0.39 is 5.82 Å². The number of nitrogens with zero attached hydrogens (tertiary/aromatic N) is 3. The van der Waals surface area contributed by atoms with Crippen LogP contribution in [0.3, 0.4) is 0 Å². The predicted molar refractivity (Wildman–Crippen MR) is 75.0 cm³/mol. The Morgan fingerprint density at radius 2 is 2.25 bits per heavy atom. The molecule has 108 valence electrons. The fraction of sp³-hybridized carbons (Fsp3) is 0.385. The standard InChI is InChI=1S/C13H18FN5O/c1-4-20-12-6-11(10(15)5-9(12)14)17-8(2)13-18-16-7-19(13)3/h5-8,17H,4,15H2,1-3H3. The molecule has 0 aliphatic heterocycles. The minimum absolute atomic E-state index is 0.121. The molecule has 2 aromatic rings. The molecule has 7 heteroatoms. The Morgan fingerprint density at radius 1 is 1.50 bits per heavy atom. The van der Waals surface area contributed by atoms with Crippen LogP contribution in [0.5, 0.6) is 5.75 Å². The third kappa shape index (κ3) is 2.81. The number of nitrogens with two attached hydrogens (primary N) is 1. The highest BCUT2D eigenvalue weighted by atomic mass is 19.1. The molecule has 0 fully saturated rings. The van der Waals surface area contributed by atoms with Gasteiger partial charge in [0.15, 0.2) is 17.4 Å². The van der Waals surface area contributed by atoms with Crippen molar-refractivity contribution in [1.29, 1.82) is 0 Å². The molecule has 2 rings (SSSR count). The molecule has 0 saturated carbocycles. The molecule has 0 aliphatic rings. The van der Waals surface area contributed by atoms with E-state index in [2.05, 4.69) is 15.5 Å². The van der Waals surface area contributed by atoms with Crippen LogP contribution in [0.1, 0.15) is 25.7 Å². The van der Waals surface area contributed by atoms with E-state index in [1.54, 1.807) is 23.9 Å². The van der Waals surface area contributed by atoms with Gasteiger partial charge in [0.1, 0.15) is 6.33 Å². The molecule has 1 aromatic carbocycles. The molecular formula is C13H18FN5O. The molecule has 1 aromatic heterocycles. The number of rotatable bonds is 5. The number of nitrogen functional groups attached to an aromatic ring is 1. The Bertz CT molecular complexity index is 598. The quantitative estimate of drug-likeness (QED) is 0.820. The molecule has 6 nitrogen and oxygen atoms in total. The average molecular weight is 279 g/mol. The summed E-state index contributed by atoms with van der Waals surface area (Å²) in [7, 11) is 1.85. The summed E-state index contributed by atoms with van der Waals surface area (Å²) >= 11 is 0. The summed E-state index contributed by atoms with van der Waals surface area (Å²) in [6.07, 6.45) is 1.62. The molecule has 1 unspecified atom stereocenters. The van der Waals surface area contributed by atoms with Crippen molar-refractivity contribution in [2.75, 3.05) is 17.7 Å². The second kappa shape index (κ2) is 5.77. The fourth-order valence-corrected chi connectivity index (χ4v) is 1.94. The largest absolute Gasteiger partial charge is 0.491 e. The van der Waals surface area contributed by atoms with Gasteiger partial charge in [0.2, 0.25) is 0 Å². The third-order valence-electron chi connectivity index (χ3n) is 2.91. The van der Waals surface area contributed by atoms with E-state index in [-0.39, 0.29) is 11.8 Å². The third-order valence-corrected chi connectivity index (χ3v) is 2.91. The second-order valence-corrected chi connectivity index (χ2v) is 4.47. The summed E-state index contributed by atoms with van der Waals surface area (Å²) in [6, 6.07) is 2.68. The zero-order valence-electron chi connectivity index (χ0n) is 11.7. The van der Waals surface area contributed by atoms with Crippen LogP contribution in [0, 0.1) is 5.82 Å². The van der Waals surface area contributed by atoms with E-state index in [0.717, 1.165) is 5.82 Å². The van der Waals surface area contributed by atoms with E-state index in [1.165, 1.54) is 6.07 Å². The molecule has 0 bridgehead atoms. The average Bonchev–Trinajstić information content (AvgIpc) is 2.81. The zero-order valence-corrected chi connectivity index (χ0v) is 11.7. The molecule has 1 atom stereocenters. The number of hydrogen-bond acceptors (Lipinski definition) is 5. The lowest BCUT2D eigenvalue weighted by atomic mass is 10.2. The van der Waals surface area contributed by atoms with E-state index in [9.17, 15) is 4.39 Å². The van der Waals surface area contributed by atoms with Gasteiger partial charge in [-0.15, -0.1) is 10.2 Å². The van der Waals surface area contributed by atoms with Gasteiger partial charge < -0.3 is 20.4 Å². The Hall–Kier alpha value is -2.31. The lowest BCUT2D eigenvalue weighted by molar-refractivity contribution is 0.322. The molecule has 0 aliphatic carbocycles. The topological polar surface area (TPSA) is 78.0 Å². The summed E-state index contributed by atoms with van der Waals surface area (Å²) in [4.78, 5) is 0. The van der Waals surface area contributed by atoms with Crippen LogP contribution >= 0.6 is 0 Å². The first kappa shape index (κ1) is 14.1. The number of halogens is 1. The minimum atomic E-state index is -0.471. The van der Waals surface area contributed by atoms with E-state index in [0.29, 0.717) is 18.0 Å². The summed E-state index contributed by atoms with van der Waals surface area (Å²) in [5.74, 6) is 0.460. The summed E-state index contributed by atoms with van der Waals surface area (Å²) < 4.78 is 20.7. The highest BCUT2D eigenvalue weighted by molar-refractivity contribution is 5.69. The van der Waals surface area contributed by atoms with Crippen molar-refractivity contribution in [3.8, 4) is 5.75 Å². The van der Waals surface area contributed by atoms with Crippen molar-refractivity contribution in [2.24, 2.45) is 7.05 Å². The Kier molecular flexibility index (Phi) is 4.07. The van der Waals surface area contributed by atoms with Gasteiger partial charge in [-0.2, -0.15) is 0 Å². The maximum Gasteiger partial charge on any atom is 0.167 e. The van der Waals surface area contributed by atoms with Gasteiger partial charge in [0, 0.05) is 19.2 Å². The molecular weight excluding hydrogens is 261 g/mol. The normalized spacial score (nSPS) is 12.2. The first-order valence-corrected chi connectivity index (χ1v) is 6.35. The highest BCUT2D eigenvalue weighted by Gasteiger charge is 2.15. The van der Waals surface area contributed by atoms with Gasteiger partial charge >= 0.3 is 0 Å². The zero-order chi connectivity index (χ0) is 14.7. The number of nitrogens with one attached hydrogen (secondary N) is 1. The fourth-order valence-electron chi connectivity index (χ4n) is 1.94.